The van der Waals surface area contributed by atoms with E-state index in [1.807, 2.05) is 13.8 Å². The van der Waals surface area contributed by atoms with Gasteiger partial charge in [0.15, 0.2) is 0 Å². The Morgan fingerprint density at radius 1 is 0.909 bits per heavy atom. The van der Waals surface area contributed by atoms with Crippen LogP contribution in [0.25, 0.3) is 0 Å². The van der Waals surface area contributed by atoms with E-state index in [1.165, 1.54) is 33.5 Å². The van der Waals surface area contributed by atoms with Crippen LogP contribution >= 0.6 is 0 Å². The van der Waals surface area contributed by atoms with Gasteiger partial charge in [-0.2, -0.15) is 0 Å². The summed E-state index contributed by atoms with van der Waals surface area (Å²) in [5, 5.41) is 6.56. The summed E-state index contributed by atoms with van der Waals surface area (Å²) in [4.78, 5) is 10.9. The topological polar surface area (TPSA) is 67.2 Å². The third kappa shape index (κ3) is 5.02. The number of hydrogen-bond donors (Lipinski definition) is 3. The van der Waals surface area contributed by atoms with Gasteiger partial charge >= 0.3 is 0 Å². The zero-order valence-electron chi connectivity index (χ0n) is 15.5. The maximum Gasteiger partial charge on any atom is 0.234 e. The number of nitrogens with one attached hydrogen (secondary N) is 2. The van der Waals surface area contributed by atoms with Gasteiger partial charge in [0.25, 0.3) is 0 Å². The summed E-state index contributed by atoms with van der Waals surface area (Å²) in [6.45, 7) is 18.0. The summed E-state index contributed by atoms with van der Waals surface area (Å²) in [7, 11) is 0. The average Bonchev–Trinajstić information content (AvgIpc) is 2.51. The van der Waals surface area contributed by atoms with E-state index in [2.05, 4.69) is 45.3 Å². The van der Waals surface area contributed by atoms with Gasteiger partial charge in [-0.1, -0.05) is 13.8 Å². The number of carbonyl (C=O) groups is 1. The molecule has 0 aliphatic carbocycles. The molecule has 0 fully saturated rings. The molecule has 4 N–H and O–H groups in total. The molecule has 1 rings (SSSR count). The predicted octanol–water partition coefficient (Wildman–Crippen LogP) is 3.13. The monoisotopic (exact) mass is 307 g/mol. The van der Waals surface area contributed by atoms with E-state index < -0.39 is 0 Å². The minimum atomic E-state index is -0.320. The van der Waals surface area contributed by atoms with Crippen molar-refractivity contribution in [2.24, 2.45) is 5.73 Å². The van der Waals surface area contributed by atoms with Crippen LogP contribution in [0.4, 0.5) is 5.69 Å². The van der Waals surface area contributed by atoms with Crippen molar-refractivity contribution in [1.29, 1.82) is 0 Å². The largest absolute Gasteiger partial charge is 0.383 e. The van der Waals surface area contributed by atoms with Gasteiger partial charge in [0.1, 0.15) is 0 Å². The van der Waals surface area contributed by atoms with Crippen LogP contribution in [0.15, 0.2) is 0 Å². The number of primary amides is 1. The van der Waals surface area contributed by atoms with E-state index in [0.29, 0.717) is 6.54 Å². The molecule has 0 aliphatic rings. The number of anilines is 1. The first-order valence-electron chi connectivity index (χ1n) is 8.10. The number of carbonyl (C=O) groups excluding carboxylic acids is 1. The molecule has 22 heavy (non-hydrogen) atoms. The van der Waals surface area contributed by atoms with Crippen LogP contribution in [0, 0.1) is 34.6 Å². The quantitative estimate of drug-likeness (QED) is 0.707. The number of amides is 1. The van der Waals surface area contributed by atoms with Crippen molar-refractivity contribution in [2.45, 2.75) is 61.4 Å². The van der Waals surface area contributed by atoms with Crippen molar-refractivity contribution in [1.82, 2.24) is 5.32 Å². The fourth-order valence-corrected chi connectivity index (χ4v) is 2.34. The maximum atomic E-state index is 10.9. The lowest BCUT2D eigenvalue weighted by Gasteiger charge is -2.20. The molecule has 0 aliphatic heterocycles. The third-order valence-corrected chi connectivity index (χ3v) is 4.30. The Labute approximate surface area is 135 Å². The first kappa shape index (κ1) is 20.5. The van der Waals surface area contributed by atoms with Crippen LogP contribution < -0.4 is 16.4 Å². The molecule has 0 heterocycles. The summed E-state index contributed by atoms with van der Waals surface area (Å²) < 4.78 is 0. The van der Waals surface area contributed by atoms with Crippen LogP contribution in [-0.4, -0.2) is 25.0 Å². The second-order valence-corrected chi connectivity index (χ2v) is 5.50. The molecule has 4 nitrogen and oxygen atoms in total. The number of rotatable bonds is 6. The fourth-order valence-electron chi connectivity index (χ4n) is 2.34. The highest BCUT2D eigenvalue weighted by atomic mass is 16.1. The van der Waals surface area contributed by atoms with Gasteiger partial charge in [-0.15, -0.1) is 0 Å². The zero-order chi connectivity index (χ0) is 17.4. The molecule has 0 bridgehead atoms. The van der Waals surface area contributed by atoms with Crippen LogP contribution in [0.2, 0.25) is 0 Å². The molecule has 1 unspecified atom stereocenters. The average molecular weight is 307 g/mol. The second kappa shape index (κ2) is 9.46. The van der Waals surface area contributed by atoms with Gasteiger partial charge in [0.2, 0.25) is 5.91 Å². The SMILES string of the molecule is CC.Cc1c(C)c(C)c(NCCNC(C)C(N)=O)c(C)c1C. The van der Waals surface area contributed by atoms with Crippen molar-refractivity contribution >= 4 is 11.6 Å². The lowest BCUT2D eigenvalue weighted by atomic mass is 9.93. The predicted molar refractivity (Wildman–Crippen MR) is 96.6 cm³/mol. The molecule has 0 radical (unpaired) electrons. The fraction of sp³-hybridized carbons (Fsp3) is 0.611. The molecule has 4 heteroatoms. The lowest BCUT2D eigenvalue weighted by molar-refractivity contribution is -0.119. The van der Waals surface area contributed by atoms with Gasteiger partial charge < -0.3 is 16.4 Å². The molecule has 0 aromatic heterocycles. The highest BCUT2D eigenvalue weighted by Crippen LogP contribution is 2.29. The third-order valence-electron chi connectivity index (χ3n) is 4.30. The highest BCUT2D eigenvalue weighted by Gasteiger charge is 2.12. The number of benzene rings is 1. The molecular formula is C18H33N3O. The molecule has 1 aromatic rings. The van der Waals surface area contributed by atoms with E-state index in [9.17, 15) is 4.79 Å². The normalized spacial score (nSPS) is 11.5. The van der Waals surface area contributed by atoms with E-state index in [-0.39, 0.29) is 11.9 Å². The van der Waals surface area contributed by atoms with Gasteiger partial charge in [-0.25, -0.2) is 0 Å². The number of hydrogen-bond acceptors (Lipinski definition) is 3. The molecule has 0 saturated heterocycles. The van der Waals surface area contributed by atoms with Gasteiger partial charge in [0.05, 0.1) is 6.04 Å². The standard InChI is InChI=1S/C16H27N3O.C2H6/c1-9-10(2)12(4)15(13(5)11(9)3)19-8-7-18-14(6)16(17)20;1-2/h14,18-19H,7-8H2,1-6H3,(H2,17,20);1-2H3. The Morgan fingerprint density at radius 3 is 1.73 bits per heavy atom. The van der Waals surface area contributed by atoms with Crippen molar-refractivity contribution in [3.8, 4) is 0 Å². The van der Waals surface area contributed by atoms with E-state index in [4.69, 9.17) is 5.73 Å². The summed E-state index contributed by atoms with van der Waals surface area (Å²) in [5.74, 6) is -0.320. The highest BCUT2D eigenvalue weighted by molar-refractivity contribution is 5.79. The first-order valence-corrected chi connectivity index (χ1v) is 8.10. The Bertz CT molecular complexity index is 481. The summed E-state index contributed by atoms with van der Waals surface area (Å²) in [5.41, 5.74) is 13.1. The summed E-state index contributed by atoms with van der Waals surface area (Å²) >= 11 is 0. The van der Waals surface area contributed by atoms with Crippen molar-refractivity contribution in [3.63, 3.8) is 0 Å². The zero-order valence-corrected chi connectivity index (χ0v) is 15.5. The van der Waals surface area contributed by atoms with Crippen LogP contribution in [0.1, 0.15) is 48.6 Å². The van der Waals surface area contributed by atoms with E-state index >= 15 is 0 Å². The molecule has 1 aromatic carbocycles. The Balaban J connectivity index is 0.00000211. The van der Waals surface area contributed by atoms with Gasteiger partial charge in [-0.3, -0.25) is 4.79 Å². The minimum Gasteiger partial charge on any atom is -0.383 e. The van der Waals surface area contributed by atoms with Crippen molar-refractivity contribution in [3.05, 3.63) is 27.8 Å². The molecule has 1 atom stereocenters. The van der Waals surface area contributed by atoms with E-state index in [1.54, 1.807) is 6.92 Å². The van der Waals surface area contributed by atoms with E-state index in [0.717, 1.165) is 6.54 Å². The first-order chi connectivity index (χ1) is 10.3. The molecule has 1 amide bonds. The maximum absolute atomic E-state index is 10.9. The smallest absolute Gasteiger partial charge is 0.234 e. The molecular weight excluding hydrogens is 274 g/mol. The van der Waals surface area contributed by atoms with Crippen LogP contribution in [-0.2, 0) is 4.79 Å². The van der Waals surface area contributed by atoms with Crippen LogP contribution in [0.5, 0.6) is 0 Å². The lowest BCUT2D eigenvalue weighted by Crippen LogP contribution is -2.40. The Hall–Kier alpha value is -1.55. The summed E-state index contributed by atoms with van der Waals surface area (Å²) in [6.07, 6.45) is 0. The summed E-state index contributed by atoms with van der Waals surface area (Å²) in [6, 6.07) is -0.291. The van der Waals surface area contributed by atoms with Gasteiger partial charge in [0, 0.05) is 18.8 Å². The Kier molecular flexibility index (Phi) is 8.80. The number of nitrogens with two attached hydrogens (primary N) is 1. The second-order valence-electron chi connectivity index (χ2n) is 5.50. The van der Waals surface area contributed by atoms with Crippen molar-refractivity contribution < 1.29 is 4.79 Å². The molecule has 0 saturated carbocycles. The molecule has 0 spiro atoms. The minimum absolute atomic E-state index is 0.291. The van der Waals surface area contributed by atoms with Gasteiger partial charge in [-0.05, 0) is 69.4 Å². The van der Waals surface area contributed by atoms with Crippen molar-refractivity contribution in [2.75, 3.05) is 18.4 Å². The molecule has 126 valence electrons. The van der Waals surface area contributed by atoms with Crippen LogP contribution in [0.3, 0.4) is 0 Å². The Morgan fingerprint density at radius 2 is 1.32 bits per heavy atom.